The molecule has 2 aromatic carbocycles. The van der Waals surface area contributed by atoms with Gasteiger partial charge in [0.1, 0.15) is 13.2 Å². The number of amides is 2. The number of hydrogen-bond donors (Lipinski definition) is 0. The monoisotopic (exact) mass is 480 g/mol. The lowest BCUT2D eigenvalue weighted by Gasteiger charge is -2.37. The van der Waals surface area contributed by atoms with Gasteiger partial charge in [-0.3, -0.25) is 9.59 Å². The van der Waals surface area contributed by atoms with Crippen LogP contribution in [-0.4, -0.2) is 47.9 Å². The van der Waals surface area contributed by atoms with Gasteiger partial charge < -0.3 is 14.5 Å². The van der Waals surface area contributed by atoms with Crippen LogP contribution in [0.1, 0.15) is 45.7 Å². The van der Waals surface area contributed by atoms with Crippen molar-refractivity contribution in [1.82, 2.24) is 9.80 Å². The Balaban J connectivity index is 1.52. The molecule has 0 bridgehead atoms. The van der Waals surface area contributed by atoms with E-state index in [0.29, 0.717) is 18.7 Å². The van der Waals surface area contributed by atoms with E-state index in [-0.39, 0.29) is 36.8 Å². The third-order valence-corrected chi connectivity index (χ3v) is 7.05. The van der Waals surface area contributed by atoms with E-state index in [9.17, 15) is 14.0 Å². The van der Waals surface area contributed by atoms with Gasteiger partial charge in [0.25, 0.3) is 5.91 Å². The average Bonchev–Trinajstić information content (AvgIpc) is 3.32. The number of benzene rings is 2. The first kappa shape index (κ1) is 24.0. The van der Waals surface area contributed by atoms with Gasteiger partial charge in [-0.2, -0.15) is 0 Å². The molecule has 4 rings (SSSR count). The molecule has 0 spiro atoms. The molecule has 2 amide bonds. The van der Waals surface area contributed by atoms with Gasteiger partial charge in [0.2, 0.25) is 5.91 Å². The maximum Gasteiger partial charge on any atom is 0.254 e. The molecule has 34 heavy (non-hydrogen) atoms. The van der Waals surface area contributed by atoms with Crippen LogP contribution < -0.4 is 4.74 Å². The first-order chi connectivity index (χ1) is 16.5. The summed E-state index contributed by atoms with van der Waals surface area (Å²) in [7, 11) is 0. The highest BCUT2D eigenvalue weighted by Crippen LogP contribution is 2.34. The van der Waals surface area contributed by atoms with Crippen LogP contribution in [0.15, 0.2) is 60.0 Å². The van der Waals surface area contributed by atoms with Crippen LogP contribution >= 0.6 is 11.3 Å². The van der Waals surface area contributed by atoms with Crippen LogP contribution in [0.3, 0.4) is 0 Å². The highest BCUT2D eigenvalue weighted by Gasteiger charge is 2.33. The van der Waals surface area contributed by atoms with Crippen molar-refractivity contribution in [1.29, 1.82) is 0 Å². The van der Waals surface area contributed by atoms with Gasteiger partial charge in [-0.25, -0.2) is 4.39 Å². The van der Waals surface area contributed by atoms with E-state index in [4.69, 9.17) is 4.74 Å². The molecule has 3 aromatic rings. The fraction of sp³-hybridized carbons (Fsp3) is 0.333. The van der Waals surface area contributed by atoms with Crippen molar-refractivity contribution in [2.45, 2.75) is 32.7 Å². The fourth-order valence-electron chi connectivity index (χ4n) is 4.26. The number of fused-ring (bicyclic) bond motifs is 1. The van der Waals surface area contributed by atoms with Crippen LogP contribution in [0.5, 0.6) is 5.75 Å². The normalized spacial score (nSPS) is 15.0. The molecule has 1 atom stereocenters. The van der Waals surface area contributed by atoms with E-state index in [1.54, 1.807) is 51.5 Å². The summed E-state index contributed by atoms with van der Waals surface area (Å²) in [5, 5.41) is 2.01. The van der Waals surface area contributed by atoms with Crippen LogP contribution in [0.4, 0.5) is 4.39 Å². The molecule has 5 nitrogen and oxygen atoms in total. The molecule has 0 saturated carbocycles. The third kappa shape index (κ3) is 5.30. The third-order valence-electron chi connectivity index (χ3n) is 6.05. The second kappa shape index (κ2) is 10.8. The molecule has 0 aliphatic carbocycles. The Morgan fingerprint density at radius 3 is 2.65 bits per heavy atom. The van der Waals surface area contributed by atoms with E-state index >= 15 is 0 Å². The molecule has 0 N–H and O–H groups in total. The molecular formula is C27H29FN2O3S. The minimum Gasteiger partial charge on any atom is -0.488 e. The van der Waals surface area contributed by atoms with E-state index in [1.165, 1.54) is 10.9 Å². The van der Waals surface area contributed by atoms with Crippen molar-refractivity contribution >= 4 is 23.2 Å². The number of ether oxygens (including phenoxy) is 1. The predicted molar refractivity (Wildman–Crippen MR) is 132 cm³/mol. The van der Waals surface area contributed by atoms with E-state index < -0.39 is 5.82 Å². The Hall–Kier alpha value is -3.19. The Morgan fingerprint density at radius 2 is 1.91 bits per heavy atom. The van der Waals surface area contributed by atoms with E-state index in [1.807, 2.05) is 37.4 Å². The smallest absolute Gasteiger partial charge is 0.254 e. The minimum atomic E-state index is -0.431. The van der Waals surface area contributed by atoms with Crippen LogP contribution in [-0.2, 0) is 11.2 Å². The molecule has 1 aromatic heterocycles. The molecule has 0 saturated heterocycles. The van der Waals surface area contributed by atoms with Crippen LogP contribution in [0.2, 0.25) is 0 Å². The van der Waals surface area contributed by atoms with Gasteiger partial charge in [0.05, 0.1) is 6.04 Å². The molecular weight excluding hydrogens is 451 g/mol. The lowest BCUT2D eigenvalue weighted by Crippen LogP contribution is -2.48. The molecule has 1 aliphatic heterocycles. The van der Waals surface area contributed by atoms with E-state index in [2.05, 4.69) is 0 Å². The highest BCUT2D eigenvalue weighted by atomic mass is 32.1. The Morgan fingerprint density at radius 1 is 1.15 bits per heavy atom. The van der Waals surface area contributed by atoms with E-state index in [0.717, 1.165) is 24.0 Å². The summed E-state index contributed by atoms with van der Waals surface area (Å²) in [6.07, 6.45) is 1.51. The van der Waals surface area contributed by atoms with Gasteiger partial charge >= 0.3 is 0 Å². The zero-order valence-electron chi connectivity index (χ0n) is 19.5. The van der Waals surface area contributed by atoms with Crippen molar-refractivity contribution < 1.29 is 18.7 Å². The average molecular weight is 481 g/mol. The number of carbonyl (C=O) groups is 2. The van der Waals surface area contributed by atoms with Crippen molar-refractivity contribution in [3.05, 3.63) is 87.4 Å². The molecule has 0 radical (unpaired) electrons. The van der Waals surface area contributed by atoms with Crippen LogP contribution in [0, 0.1) is 12.7 Å². The summed E-state index contributed by atoms with van der Waals surface area (Å²) in [4.78, 5) is 31.3. The number of para-hydroxylation sites is 1. The second-order valence-corrected chi connectivity index (χ2v) is 9.49. The number of aryl methyl sites for hydroxylation is 1. The number of hydrogen-bond acceptors (Lipinski definition) is 4. The molecule has 1 aliphatic rings. The van der Waals surface area contributed by atoms with Gasteiger partial charge in [0.15, 0.2) is 11.6 Å². The topological polar surface area (TPSA) is 49.9 Å². The lowest BCUT2D eigenvalue weighted by molar-refractivity contribution is -0.135. The highest BCUT2D eigenvalue weighted by molar-refractivity contribution is 7.10. The summed E-state index contributed by atoms with van der Waals surface area (Å²) in [5.41, 5.74) is 2.69. The summed E-state index contributed by atoms with van der Waals surface area (Å²) in [5.74, 6) is -0.547. The maximum atomic E-state index is 14.1. The Labute approximate surface area is 203 Å². The number of nitrogens with zero attached hydrogens (tertiary/aromatic N) is 2. The lowest BCUT2D eigenvalue weighted by atomic mass is 10.00. The van der Waals surface area contributed by atoms with Crippen molar-refractivity contribution in [2.75, 3.05) is 26.2 Å². The predicted octanol–water partition coefficient (Wildman–Crippen LogP) is 5.25. The second-order valence-electron chi connectivity index (χ2n) is 8.49. The van der Waals surface area contributed by atoms with Gasteiger partial charge in [-0.1, -0.05) is 36.8 Å². The number of halogens is 1. The zero-order chi connectivity index (χ0) is 24.1. The standard InChI is InChI=1S/C27H29FN2O3S/c1-3-14-29(27(32)20-10-8-19(2)9-11-20)17-26(31)30-15-12-25-21(13-16-34-25)23(30)18-33-24-7-5-4-6-22(24)28/h4-11,13,16,23H,3,12,14-15,17-18H2,1-2H3/t23-/m1/s1. The summed E-state index contributed by atoms with van der Waals surface area (Å²) >= 11 is 1.66. The van der Waals surface area contributed by atoms with Crippen molar-refractivity contribution in [3.63, 3.8) is 0 Å². The fourth-order valence-corrected chi connectivity index (χ4v) is 5.19. The zero-order valence-corrected chi connectivity index (χ0v) is 20.3. The van der Waals surface area contributed by atoms with Gasteiger partial charge in [-0.05, 0) is 61.0 Å². The molecule has 178 valence electrons. The largest absolute Gasteiger partial charge is 0.488 e. The van der Waals surface area contributed by atoms with Gasteiger partial charge in [0, 0.05) is 23.5 Å². The van der Waals surface area contributed by atoms with Crippen molar-refractivity contribution in [2.24, 2.45) is 0 Å². The maximum absolute atomic E-state index is 14.1. The summed E-state index contributed by atoms with van der Waals surface area (Å²) in [6, 6.07) is 15.4. The number of carbonyl (C=O) groups excluding carboxylic acids is 2. The molecule has 0 fully saturated rings. The molecule has 7 heteroatoms. The Kier molecular flexibility index (Phi) is 7.63. The molecule has 0 unspecified atom stereocenters. The summed E-state index contributed by atoms with van der Waals surface area (Å²) < 4.78 is 19.9. The minimum absolute atomic E-state index is 0.00375. The number of thiophene rings is 1. The first-order valence-corrected chi connectivity index (χ1v) is 12.4. The molecule has 2 heterocycles. The SMILES string of the molecule is CCCN(CC(=O)N1CCc2sccc2[C@H]1COc1ccccc1F)C(=O)c1ccc(C)cc1. The van der Waals surface area contributed by atoms with Crippen LogP contribution in [0.25, 0.3) is 0 Å². The quantitative estimate of drug-likeness (QED) is 0.442. The summed E-state index contributed by atoms with van der Waals surface area (Å²) in [6.45, 7) is 5.14. The Bertz CT molecular complexity index is 1140. The van der Waals surface area contributed by atoms with Gasteiger partial charge in [-0.15, -0.1) is 11.3 Å². The van der Waals surface area contributed by atoms with Crippen molar-refractivity contribution in [3.8, 4) is 5.75 Å². The number of rotatable bonds is 8. The first-order valence-electron chi connectivity index (χ1n) is 11.6.